The molecule has 92 valence electrons. The minimum atomic E-state index is -5.16. The van der Waals surface area contributed by atoms with E-state index < -0.39 is 29.9 Å². The van der Waals surface area contributed by atoms with Crippen LogP contribution >= 0.6 is 15.9 Å². The van der Waals surface area contributed by atoms with Gasteiger partial charge in [0.25, 0.3) is 6.43 Å². The minimum Gasteiger partial charge on any atom is -0.387 e. The predicted molar refractivity (Wildman–Crippen MR) is 48.3 cm³/mol. The maximum atomic E-state index is 12.5. The second kappa shape index (κ2) is 4.83. The number of hydrogen-bond donors (Lipinski definition) is 0. The Kier molecular flexibility index (Phi) is 3.87. The number of pyridine rings is 1. The zero-order chi connectivity index (χ0) is 13.2. The number of halogens is 6. The van der Waals surface area contributed by atoms with Gasteiger partial charge in [-0.3, -0.25) is 0 Å². The lowest BCUT2D eigenvalue weighted by Crippen LogP contribution is -2.19. The first-order chi connectivity index (χ1) is 7.74. The van der Waals surface area contributed by atoms with Gasteiger partial charge in [-0.25, -0.2) is 13.8 Å². The highest BCUT2D eigenvalue weighted by Crippen LogP contribution is 2.36. The second-order valence-electron chi connectivity index (χ2n) is 2.67. The summed E-state index contributed by atoms with van der Waals surface area (Å²) in [6.07, 6.45) is -8.38. The van der Waals surface area contributed by atoms with Crippen LogP contribution in [0.1, 0.15) is 17.7 Å². The molecule has 17 heavy (non-hydrogen) atoms. The minimum absolute atomic E-state index is 0.377. The van der Waals surface area contributed by atoms with Gasteiger partial charge in [-0.15, -0.1) is 13.2 Å². The molecule has 9 heteroatoms. The molecule has 1 aromatic rings. The molecule has 0 unspecified atom stereocenters. The molecule has 0 aliphatic carbocycles. The summed E-state index contributed by atoms with van der Waals surface area (Å²) in [5.41, 5.74) is -1.53. The first-order valence-electron chi connectivity index (χ1n) is 3.89. The van der Waals surface area contributed by atoms with Crippen LogP contribution in [0.5, 0.6) is 5.88 Å². The fraction of sp³-hybridized carbons (Fsp3) is 0.250. The average molecular weight is 317 g/mol. The molecule has 3 nitrogen and oxygen atoms in total. The van der Waals surface area contributed by atoms with Crippen LogP contribution in [0, 0.1) is 11.3 Å². The normalized spacial score (nSPS) is 11.4. The zero-order valence-electron chi connectivity index (χ0n) is 7.73. The van der Waals surface area contributed by atoms with Crippen molar-refractivity contribution in [3.8, 4) is 11.9 Å². The summed E-state index contributed by atoms with van der Waals surface area (Å²) in [6, 6.07) is 2.31. The number of nitrogens with zero attached hydrogens (tertiary/aromatic N) is 2. The smallest absolute Gasteiger partial charge is 0.387 e. The molecular weight excluding hydrogens is 315 g/mol. The Bertz CT molecular complexity index is 468. The summed E-state index contributed by atoms with van der Waals surface area (Å²) in [5, 5.41) is 8.46. The molecule has 1 heterocycles. The van der Waals surface area contributed by atoms with E-state index in [-0.39, 0.29) is 4.47 Å². The first kappa shape index (κ1) is 13.6. The van der Waals surface area contributed by atoms with E-state index in [9.17, 15) is 22.0 Å². The van der Waals surface area contributed by atoms with Crippen molar-refractivity contribution in [3.05, 3.63) is 21.8 Å². The Morgan fingerprint density at radius 1 is 1.41 bits per heavy atom. The van der Waals surface area contributed by atoms with Gasteiger partial charge < -0.3 is 4.74 Å². The van der Waals surface area contributed by atoms with Gasteiger partial charge in [0.2, 0.25) is 5.88 Å². The van der Waals surface area contributed by atoms with Crippen molar-refractivity contribution in [2.24, 2.45) is 0 Å². The highest BCUT2D eigenvalue weighted by Gasteiger charge is 2.35. The number of alkyl halides is 5. The fourth-order valence-corrected chi connectivity index (χ4v) is 1.50. The highest BCUT2D eigenvalue weighted by molar-refractivity contribution is 9.10. The van der Waals surface area contributed by atoms with Crippen molar-refractivity contribution >= 4 is 15.9 Å². The molecule has 0 amide bonds. The molecule has 0 spiro atoms. The topological polar surface area (TPSA) is 45.9 Å². The predicted octanol–water partition coefficient (Wildman–Crippen LogP) is 3.55. The van der Waals surface area contributed by atoms with Gasteiger partial charge in [-0.2, -0.15) is 5.26 Å². The fourth-order valence-electron chi connectivity index (χ4n) is 0.944. The average Bonchev–Trinajstić information content (AvgIpc) is 2.13. The van der Waals surface area contributed by atoms with Gasteiger partial charge in [0.15, 0.2) is 0 Å². The summed E-state index contributed by atoms with van der Waals surface area (Å²) in [7, 11) is 0. The van der Waals surface area contributed by atoms with Gasteiger partial charge in [0.1, 0.15) is 11.8 Å². The van der Waals surface area contributed by atoms with Crippen LogP contribution in [0.25, 0.3) is 0 Å². The van der Waals surface area contributed by atoms with E-state index in [1.807, 2.05) is 0 Å². The van der Waals surface area contributed by atoms with Crippen molar-refractivity contribution < 1.29 is 26.7 Å². The Morgan fingerprint density at radius 2 is 2.00 bits per heavy atom. The van der Waals surface area contributed by atoms with Gasteiger partial charge in [0.05, 0.1) is 5.56 Å². The zero-order valence-corrected chi connectivity index (χ0v) is 9.31. The number of rotatable bonds is 2. The van der Waals surface area contributed by atoms with E-state index in [0.29, 0.717) is 0 Å². The molecule has 0 aliphatic heterocycles. The Morgan fingerprint density at radius 3 is 2.41 bits per heavy atom. The molecule has 0 saturated carbocycles. The Balaban J connectivity index is 3.34. The van der Waals surface area contributed by atoms with E-state index >= 15 is 0 Å². The highest BCUT2D eigenvalue weighted by atomic mass is 79.9. The van der Waals surface area contributed by atoms with E-state index in [1.165, 1.54) is 6.07 Å². The maximum absolute atomic E-state index is 12.5. The van der Waals surface area contributed by atoms with Gasteiger partial charge in [-0.1, -0.05) is 0 Å². The lowest BCUT2D eigenvalue weighted by Gasteiger charge is -2.13. The van der Waals surface area contributed by atoms with Crippen LogP contribution in [0.4, 0.5) is 22.0 Å². The van der Waals surface area contributed by atoms with Crippen LogP contribution in [-0.2, 0) is 0 Å². The summed E-state index contributed by atoms with van der Waals surface area (Å²) in [4.78, 5) is 3.05. The van der Waals surface area contributed by atoms with Gasteiger partial charge in [-0.05, 0) is 22.0 Å². The lowest BCUT2D eigenvalue weighted by molar-refractivity contribution is -0.276. The number of hydrogen-bond acceptors (Lipinski definition) is 3. The molecule has 0 fully saturated rings. The lowest BCUT2D eigenvalue weighted by atomic mass is 10.2. The van der Waals surface area contributed by atoms with Crippen LogP contribution in [-0.4, -0.2) is 11.3 Å². The first-order valence-corrected chi connectivity index (χ1v) is 4.68. The Labute approximate surface area is 99.9 Å². The SMILES string of the molecule is N#Cc1cc(Br)c(C(F)F)c(OC(F)(F)F)n1. The van der Waals surface area contributed by atoms with Crippen LogP contribution in [0.15, 0.2) is 10.5 Å². The second-order valence-corrected chi connectivity index (χ2v) is 3.52. The van der Waals surface area contributed by atoms with Gasteiger partial charge in [0, 0.05) is 4.47 Å². The third-order valence-corrected chi connectivity index (χ3v) is 2.17. The van der Waals surface area contributed by atoms with E-state index in [2.05, 4.69) is 25.7 Å². The Hall–Kier alpha value is -1.43. The van der Waals surface area contributed by atoms with Gasteiger partial charge >= 0.3 is 6.36 Å². The molecule has 0 N–H and O–H groups in total. The van der Waals surface area contributed by atoms with Crippen molar-refractivity contribution in [2.75, 3.05) is 0 Å². The van der Waals surface area contributed by atoms with Crippen molar-refractivity contribution in [1.82, 2.24) is 4.98 Å². The van der Waals surface area contributed by atoms with Crippen molar-refractivity contribution in [3.63, 3.8) is 0 Å². The standard InChI is InChI=1S/C8H2BrF5N2O/c9-4-1-3(2-15)16-7(5(4)6(10)11)17-8(12,13)14/h1,6H. The third kappa shape index (κ3) is 3.52. The molecule has 1 rings (SSSR count). The summed E-state index contributed by atoms with van der Waals surface area (Å²) >= 11 is 2.63. The maximum Gasteiger partial charge on any atom is 0.574 e. The number of ether oxygens (including phenoxy) is 1. The van der Waals surface area contributed by atoms with Crippen LogP contribution in [0.2, 0.25) is 0 Å². The summed E-state index contributed by atoms with van der Waals surface area (Å²) in [6.45, 7) is 0. The largest absolute Gasteiger partial charge is 0.574 e. The third-order valence-electron chi connectivity index (χ3n) is 1.52. The molecule has 0 aromatic carbocycles. The van der Waals surface area contributed by atoms with Crippen molar-refractivity contribution in [1.29, 1.82) is 5.26 Å². The summed E-state index contributed by atoms with van der Waals surface area (Å²) < 4.78 is 63.8. The monoisotopic (exact) mass is 316 g/mol. The van der Waals surface area contributed by atoms with Crippen LogP contribution in [0.3, 0.4) is 0 Å². The quantitative estimate of drug-likeness (QED) is 0.784. The molecule has 0 saturated heterocycles. The molecular formula is C8H2BrF5N2O. The number of nitriles is 1. The number of aromatic nitrogens is 1. The molecule has 0 aliphatic rings. The summed E-state index contributed by atoms with van der Waals surface area (Å²) in [5.74, 6) is -1.33. The molecule has 1 aromatic heterocycles. The molecule has 0 radical (unpaired) electrons. The van der Waals surface area contributed by atoms with E-state index in [4.69, 9.17) is 5.26 Å². The van der Waals surface area contributed by atoms with Crippen molar-refractivity contribution in [2.45, 2.75) is 12.8 Å². The molecule has 0 bridgehead atoms. The van der Waals surface area contributed by atoms with Crippen LogP contribution < -0.4 is 4.74 Å². The van der Waals surface area contributed by atoms with E-state index in [0.717, 1.165) is 6.07 Å². The molecule has 0 atom stereocenters. The van der Waals surface area contributed by atoms with E-state index in [1.54, 1.807) is 0 Å².